The number of benzene rings is 2. The Labute approximate surface area is 680 Å². The van der Waals surface area contributed by atoms with E-state index in [-0.39, 0.29) is 37.1 Å². The lowest BCUT2D eigenvalue weighted by Gasteiger charge is -2.30. The Bertz CT molecular complexity index is 4190. The molecular weight excluding hydrogens is 1570 g/mol. The number of hydrogen-bond donors (Lipinski definition) is 23. The van der Waals surface area contributed by atoms with Gasteiger partial charge in [-0.15, -0.1) is 0 Å². The number of aromatic amines is 1. The molecule has 652 valence electrons. The number of ether oxygens (including phenoxy) is 1. The number of carbonyl (C=O) groups is 20. The molecule has 1 aliphatic rings. The third-order valence-electron chi connectivity index (χ3n) is 18.3. The molecule has 3 unspecified atom stereocenters. The molecule has 1 fully saturated rings. The Morgan fingerprint density at radius 2 is 1.13 bits per heavy atom. The maximum atomic E-state index is 14.9. The Morgan fingerprint density at radius 1 is 0.571 bits per heavy atom. The number of carboxylic acid groups (broad SMARTS) is 4. The maximum Gasteiger partial charge on any atom is 0.329 e. The van der Waals surface area contributed by atoms with Crippen molar-refractivity contribution in [1.82, 2.24) is 74.1 Å². The monoisotopic (exact) mass is 1680 g/mol. The Hall–Kier alpha value is -13.0. The van der Waals surface area contributed by atoms with Crippen LogP contribution in [0.2, 0.25) is 0 Å². The summed E-state index contributed by atoms with van der Waals surface area (Å²) in [6.07, 6.45) is -0.942. The summed E-state index contributed by atoms with van der Waals surface area (Å²) in [7, 11) is 0. The predicted molar refractivity (Wildman–Crippen MR) is 415 cm³/mol. The van der Waals surface area contributed by atoms with Crippen molar-refractivity contribution in [1.29, 1.82) is 0 Å². The number of fused-ring (bicyclic) bond motifs is 1. The molecule has 0 radical (unpaired) electrons. The first-order valence-corrected chi connectivity index (χ1v) is 38.0. The number of aliphatic hydroxyl groups is 2. The minimum atomic E-state index is -2.47. The smallest absolute Gasteiger partial charge is 0.329 e. The van der Waals surface area contributed by atoms with Crippen LogP contribution in [0.3, 0.4) is 0 Å². The minimum Gasteiger partial charge on any atom is -0.481 e. The molecular formula is C75H105N17O27. The maximum absolute atomic E-state index is 14.9. The van der Waals surface area contributed by atoms with Crippen molar-refractivity contribution in [2.75, 3.05) is 32.0 Å². The first-order valence-electron chi connectivity index (χ1n) is 38.0. The van der Waals surface area contributed by atoms with E-state index in [1.165, 1.54) is 30.5 Å². The van der Waals surface area contributed by atoms with Crippen molar-refractivity contribution in [2.45, 2.75) is 216 Å². The first-order chi connectivity index (χ1) is 56.2. The highest BCUT2D eigenvalue weighted by Crippen LogP contribution is 2.22. The van der Waals surface area contributed by atoms with Gasteiger partial charge in [-0.3, -0.25) is 91.1 Å². The number of nitrogens with two attached hydrogens (primary N) is 3. The van der Waals surface area contributed by atoms with E-state index in [0.717, 1.165) is 52.9 Å². The number of primary amides is 1. The van der Waals surface area contributed by atoms with Gasteiger partial charge in [0.05, 0.1) is 64.3 Å². The molecule has 1 aliphatic heterocycles. The number of amides is 14. The zero-order chi connectivity index (χ0) is 88.8. The van der Waals surface area contributed by atoms with E-state index in [9.17, 15) is 127 Å². The Kier molecular flexibility index (Phi) is 41.2. The number of H-pyrrole nitrogens is 1. The molecule has 2 heterocycles. The number of ketones is 1. The third kappa shape index (κ3) is 34.4. The molecule has 119 heavy (non-hydrogen) atoms. The lowest BCUT2D eigenvalue weighted by Crippen LogP contribution is -2.62. The summed E-state index contributed by atoms with van der Waals surface area (Å²) < 4.78 is 5.68. The molecule has 0 spiro atoms. The summed E-state index contributed by atoms with van der Waals surface area (Å²) in [6, 6.07) is -11.0. The van der Waals surface area contributed by atoms with Crippen LogP contribution in [-0.2, 0) is 102 Å². The van der Waals surface area contributed by atoms with Crippen molar-refractivity contribution in [3.05, 3.63) is 78.0 Å². The highest BCUT2D eigenvalue weighted by Gasteiger charge is 2.41. The van der Waals surface area contributed by atoms with Gasteiger partial charge in [-0.05, 0) is 88.6 Å². The van der Waals surface area contributed by atoms with E-state index >= 15 is 0 Å². The second-order valence-electron chi connectivity index (χ2n) is 28.1. The van der Waals surface area contributed by atoms with E-state index in [2.05, 4.69) is 65.1 Å². The van der Waals surface area contributed by atoms with Gasteiger partial charge >= 0.3 is 29.8 Å². The fourth-order valence-electron chi connectivity index (χ4n) is 12.0. The van der Waals surface area contributed by atoms with Gasteiger partial charge in [0.1, 0.15) is 72.6 Å². The molecule has 44 nitrogen and oxygen atoms in total. The number of aromatic nitrogens is 1. The highest BCUT2D eigenvalue weighted by atomic mass is 16.5. The van der Waals surface area contributed by atoms with Crippen molar-refractivity contribution in [2.24, 2.45) is 17.4 Å². The van der Waals surface area contributed by atoms with Crippen LogP contribution in [0, 0.1) is 5.92 Å². The van der Waals surface area contributed by atoms with Crippen LogP contribution in [0.15, 0.2) is 66.9 Å². The predicted octanol–water partition coefficient (Wildman–Crippen LogP) is -5.70. The summed E-state index contributed by atoms with van der Waals surface area (Å²) >= 11 is 0. The number of para-hydroxylation sites is 2. The summed E-state index contributed by atoms with van der Waals surface area (Å²) in [5.41, 5.74) is 18.0. The van der Waals surface area contributed by atoms with Crippen LogP contribution in [0.5, 0.6) is 0 Å². The first kappa shape index (κ1) is 98.4. The van der Waals surface area contributed by atoms with Crippen LogP contribution >= 0.6 is 0 Å². The lowest BCUT2D eigenvalue weighted by atomic mass is 9.96. The SMILES string of the molecule is CCCCCC/C=C\CCC(O)CC(=O)N[C@@H](Cc1c[nH]c2ccccc12)C(=O)NC(CC(N)=O)C(=O)NC(CC(=O)O)C(=O)N[C@@H]1C(=O)NCC(=O)N[C@H](CCCN)C(=O)N[C@H](CC(=O)O)C(=O)N[C@H](C)C(=O)N[C@H](CC(=O)O)C(=O)NCC(=O)N[C@@H](CO)C(=O)N[C@@H]([C@H](C)CC(=O)O)C(=O)N[C@H](CC(=O)c2ccccc2N)C(=O)O[C@@H]1C. The van der Waals surface area contributed by atoms with E-state index in [4.69, 9.17) is 21.9 Å². The van der Waals surface area contributed by atoms with Gasteiger partial charge in [-0.25, -0.2) is 4.79 Å². The molecule has 0 aliphatic carbocycles. The number of nitrogens with one attached hydrogen (secondary N) is 14. The van der Waals surface area contributed by atoms with Gasteiger partial charge in [0, 0.05) is 41.2 Å². The molecule has 44 heteroatoms. The average Bonchev–Trinajstić information content (AvgIpc) is 1.64. The number of nitrogen functional groups attached to an aromatic ring is 1. The van der Waals surface area contributed by atoms with Gasteiger partial charge in [0.15, 0.2) is 5.78 Å². The van der Waals surface area contributed by atoms with Gasteiger partial charge < -0.3 is 127 Å². The van der Waals surface area contributed by atoms with E-state index in [1.807, 2.05) is 28.1 Å². The minimum absolute atomic E-state index is 0.103. The fourth-order valence-corrected chi connectivity index (χ4v) is 12.0. The van der Waals surface area contributed by atoms with Crippen LogP contribution in [0.25, 0.3) is 10.9 Å². The summed E-state index contributed by atoms with van der Waals surface area (Å²) in [6.45, 7) is 1.07. The number of allylic oxidation sites excluding steroid dienone is 2. The van der Waals surface area contributed by atoms with Gasteiger partial charge in [0.25, 0.3) is 0 Å². The van der Waals surface area contributed by atoms with Crippen molar-refractivity contribution >= 4 is 135 Å². The number of esters is 1. The molecule has 4 rings (SSSR count). The van der Waals surface area contributed by atoms with E-state index in [0.29, 0.717) is 22.9 Å². The molecule has 2 aromatic carbocycles. The summed E-state index contributed by atoms with van der Waals surface area (Å²) in [5, 5.41) is 89.3. The Balaban J connectivity index is 1.87. The molecule has 14 amide bonds. The van der Waals surface area contributed by atoms with Crippen LogP contribution < -0.4 is 86.3 Å². The van der Waals surface area contributed by atoms with Gasteiger partial charge in [-0.1, -0.05) is 75.6 Å². The lowest BCUT2D eigenvalue weighted by molar-refractivity contribution is -0.156. The van der Waals surface area contributed by atoms with E-state index in [1.54, 1.807) is 24.3 Å². The number of unbranched alkanes of at least 4 members (excludes halogenated alkanes) is 4. The van der Waals surface area contributed by atoms with Crippen molar-refractivity contribution < 1.29 is 131 Å². The molecule has 14 atom stereocenters. The summed E-state index contributed by atoms with van der Waals surface area (Å²) in [5.74, 6) is -30.4. The van der Waals surface area contributed by atoms with E-state index < -0.39 is 274 Å². The largest absolute Gasteiger partial charge is 0.481 e. The number of aliphatic hydroxyl groups excluding tert-OH is 2. The van der Waals surface area contributed by atoms with Crippen molar-refractivity contribution in [3.8, 4) is 0 Å². The number of anilines is 1. The highest BCUT2D eigenvalue weighted by molar-refractivity contribution is 6.05. The molecule has 1 aromatic heterocycles. The standard InChI is InChI=1S/C75H105N17O27/c1-5-6-7-8-9-10-11-12-18-41(94)27-56(97)84-47(26-40-33-79-45-22-16-14-19-42(40)45)69(112)87-48(29-55(78)96)70(113)89-51(32-62(106)107)71(114)92-64-39(4)119-75(118)52(28-54(95)43-20-13-15-21-44(43)77)90-74(117)63(37(2)25-59(100)101)91-72(115)53(36-93)85-58(99)34-80-66(109)49(30-60(102)103)86-65(108)38(3)82-68(111)50(31-61(104)105)88-67(110)46(23-17-24-76)83-57(98)35-81-73(64)116/h10-11,13-16,19-22,33,37-39,41,46-53,63-64,79,93-94H,5-9,12,17-18,23-32,34-36,76-77H2,1-4H3,(H2,78,96)(H,80,109)(H,81,116)(H,82,111)(H,83,98)(H,84,97)(H,85,99)(H,86,108)(H,87,112)(H,88,110)(H,89,113)(H,90,117)(H,91,115)(H,92,114)(H,100,101)(H,102,103)(H,104,105)(H,106,107)/b11-10-/t37-,38-,39-,41?,46-,47+,48?,49-,50-,51?,52-,53+,63+,64+/m1/s1. The fraction of sp³-hybridized carbons (Fsp3) is 0.520. The van der Waals surface area contributed by atoms with Crippen LogP contribution in [-0.4, -0.2) is 259 Å². The summed E-state index contributed by atoms with van der Waals surface area (Å²) in [4.78, 5) is 277. The van der Waals surface area contributed by atoms with Crippen LogP contribution in [0.4, 0.5) is 5.69 Å². The van der Waals surface area contributed by atoms with Gasteiger partial charge in [0.2, 0.25) is 82.7 Å². The van der Waals surface area contributed by atoms with Crippen LogP contribution in [0.1, 0.15) is 146 Å². The second-order valence-corrected chi connectivity index (χ2v) is 28.1. The molecule has 1 saturated heterocycles. The number of cyclic esters (lactones) is 1. The number of Topliss-reactive ketones (excluding diaryl/α,β-unsaturated/α-hetero) is 1. The van der Waals surface area contributed by atoms with Gasteiger partial charge in [-0.2, -0.15) is 0 Å². The third-order valence-corrected chi connectivity index (χ3v) is 18.3. The average molecular weight is 1680 g/mol. The molecule has 26 N–H and O–H groups in total. The Morgan fingerprint density at radius 3 is 1.75 bits per heavy atom. The number of carboxylic acids is 4. The number of rotatable bonds is 37. The number of aliphatic carboxylic acids is 4. The zero-order valence-electron chi connectivity index (χ0n) is 65.8. The zero-order valence-corrected chi connectivity index (χ0v) is 65.8. The number of carbonyl (C=O) groups excluding carboxylic acids is 16. The van der Waals surface area contributed by atoms with Crippen molar-refractivity contribution in [3.63, 3.8) is 0 Å². The number of hydrogen-bond acceptors (Lipinski definition) is 25. The molecule has 0 bridgehead atoms. The molecule has 0 saturated carbocycles. The second kappa shape index (κ2) is 49.8. The molecule has 3 aromatic rings. The topological polar surface area (TPSA) is 722 Å². The normalized spacial score (nSPS) is 21.2. The quantitative estimate of drug-likeness (QED) is 0.00841.